The van der Waals surface area contributed by atoms with Gasteiger partial charge >= 0.3 is 0 Å². The fourth-order valence-electron chi connectivity index (χ4n) is 4.24. The Bertz CT molecular complexity index is 804. The van der Waals surface area contributed by atoms with Gasteiger partial charge in [-0.05, 0) is 47.2 Å². The molecule has 2 aromatic rings. The van der Waals surface area contributed by atoms with Gasteiger partial charge in [0.15, 0.2) is 23.0 Å². The van der Waals surface area contributed by atoms with Crippen LogP contribution in [0.15, 0.2) is 36.4 Å². The van der Waals surface area contributed by atoms with E-state index in [2.05, 4.69) is 26.0 Å². The molecule has 0 spiro atoms. The van der Waals surface area contributed by atoms with Crippen molar-refractivity contribution in [3.63, 3.8) is 0 Å². The molecule has 0 bridgehead atoms. The second-order valence-corrected chi connectivity index (χ2v) is 7.14. The van der Waals surface area contributed by atoms with E-state index in [4.69, 9.17) is 23.7 Å². The molecule has 5 nitrogen and oxygen atoms in total. The SMILES string of the molecule is CC[C@H]1[C@H](C)[C@@H](c2ccc(OC)c(OC)c2)O[C@H]1c1ccc(OC)c(OC)c1. The van der Waals surface area contributed by atoms with E-state index in [1.165, 1.54) is 0 Å². The zero-order chi connectivity index (χ0) is 20.3. The summed E-state index contributed by atoms with van der Waals surface area (Å²) in [6.45, 7) is 4.48. The van der Waals surface area contributed by atoms with Gasteiger partial charge in [-0.15, -0.1) is 0 Å². The average molecular weight is 386 g/mol. The van der Waals surface area contributed by atoms with Gasteiger partial charge in [0.05, 0.1) is 40.6 Å². The summed E-state index contributed by atoms with van der Waals surface area (Å²) in [5.41, 5.74) is 2.21. The summed E-state index contributed by atoms with van der Waals surface area (Å²) in [5, 5.41) is 0. The molecule has 0 N–H and O–H groups in total. The fourth-order valence-corrected chi connectivity index (χ4v) is 4.24. The molecule has 0 radical (unpaired) electrons. The Labute approximate surface area is 167 Å². The molecule has 0 unspecified atom stereocenters. The van der Waals surface area contributed by atoms with E-state index < -0.39 is 0 Å². The van der Waals surface area contributed by atoms with E-state index in [1.54, 1.807) is 28.4 Å². The van der Waals surface area contributed by atoms with Gasteiger partial charge in [-0.2, -0.15) is 0 Å². The predicted octanol–water partition coefficient (Wildman–Crippen LogP) is 5.20. The highest BCUT2D eigenvalue weighted by Crippen LogP contribution is 2.52. The highest BCUT2D eigenvalue weighted by molar-refractivity contribution is 5.45. The van der Waals surface area contributed by atoms with Crippen molar-refractivity contribution in [1.82, 2.24) is 0 Å². The van der Waals surface area contributed by atoms with Crippen molar-refractivity contribution in [2.75, 3.05) is 28.4 Å². The maximum absolute atomic E-state index is 6.60. The normalized spacial score (nSPS) is 24.1. The number of hydrogen-bond acceptors (Lipinski definition) is 5. The Hall–Kier alpha value is -2.40. The first-order valence-corrected chi connectivity index (χ1v) is 9.67. The van der Waals surface area contributed by atoms with Crippen LogP contribution in [-0.4, -0.2) is 28.4 Å². The third-order valence-electron chi connectivity index (χ3n) is 5.78. The molecule has 1 heterocycles. The molecule has 152 valence electrons. The van der Waals surface area contributed by atoms with Gasteiger partial charge in [0.25, 0.3) is 0 Å². The van der Waals surface area contributed by atoms with Crippen LogP contribution in [0, 0.1) is 11.8 Å². The van der Waals surface area contributed by atoms with E-state index in [-0.39, 0.29) is 12.2 Å². The van der Waals surface area contributed by atoms with Crippen LogP contribution in [-0.2, 0) is 4.74 Å². The van der Waals surface area contributed by atoms with Gasteiger partial charge in [-0.25, -0.2) is 0 Å². The lowest BCUT2D eigenvalue weighted by Gasteiger charge is -2.20. The van der Waals surface area contributed by atoms with Crippen molar-refractivity contribution >= 4 is 0 Å². The summed E-state index contributed by atoms with van der Waals surface area (Å²) < 4.78 is 28.3. The maximum atomic E-state index is 6.60. The summed E-state index contributed by atoms with van der Waals surface area (Å²) >= 11 is 0. The minimum Gasteiger partial charge on any atom is -0.493 e. The van der Waals surface area contributed by atoms with E-state index >= 15 is 0 Å². The number of benzene rings is 2. The third kappa shape index (κ3) is 3.63. The molecular weight excluding hydrogens is 356 g/mol. The summed E-state index contributed by atoms with van der Waals surface area (Å²) in [6.07, 6.45) is 1.02. The summed E-state index contributed by atoms with van der Waals surface area (Å²) in [7, 11) is 6.60. The van der Waals surface area contributed by atoms with Crippen molar-refractivity contribution in [2.24, 2.45) is 11.8 Å². The van der Waals surface area contributed by atoms with E-state index in [1.807, 2.05) is 24.3 Å². The van der Waals surface area contributed by atoms with Crippen LogP contribution in [0.5, 0.6) is 23.0 Å². The Balaban J connectivity index is 1.94. The van der Waals surface area contributed by atoms with Crippen LogP contribution in [0.25, 0.3) is 0 Å². The third-order valence-corrected chi connectivity index (χ3v) is 5.78. The van der Waals surface area contributed by atoms with Crippen LogP contribution >= 0.6 is 0 Å². The molecule has 1 aliphatic heterocycles. The van der Waals surface area contributed by atoms with Crippen molar-refractivity contribution < 1.29 is 23.7 Å². The largest absolute Gasteiger partial charge is 0.493 e. The smallest absolute Gasteiger partial charge is 0.161 e. The molecule has 0 saturated carbocycles. The van der Waals surface area contributed by atoms with Gasteiger partial charge in [0.1, 0.15) is 0 Å². The summed E-state index contributed by atoms with van der Waals surface area (Å²) in [6, 6.07) is 12.1. The Kier molecular flexibility index (Phi) is 6.35. The molecule has 1 aliphatic rings. The minimum absolute atomic E-state index is 0.00194. The predicted molar refractivity (Wildman–Crippen MR) is 109 cm³/mol. The second kappa shape index (κ2) is 8.74. The molecule has 0 amide bonds. The topological polar surface area (TPSA) is 46.2 Å². The van der Waals surface area contributed by atoms with E-state index in [9.17, 15) is 0 Å². The molecule has 28 heavy (non-hydrogen) atoms. The van der Waals surface area contributed by atoms with Crippen LogP contribution in [0.1, 0.15) is 43.6 Å². The van der Waals surface area contributed by atoms with Gasteiger partial charge in [0.2, 0.25) is 0 Å². The zero-order valence-corrected chi connectivity index (χ0v) is 17.5. The molecule has 1 fully saturated rings. The maximum Gasteiger partial charge on any atom is 0.161 e. The fraction of sp³-hybridized carbons (Fsp3) is 0.478. The van der Waals surface area contributed by atoms with Crippen LogP contribution in [0.2, 0.25) is 0 Å². The quantitative estimate of drug-likeness (QED) is 0.655. The van der Waals surface area contributed by atoms with Crippen LogP contribution in [0.3, 0.4) is 0 Å². The molecular formula is C23H30O5. The lowest BCUT2D eigenvalue weighted by molar-refractivity contribution is 0.0272. The van der Waals surface area contributed by atoms with Crippen LogP contribution < -0.4 is 18.9 Å². The van der Waals surface area contributed by atoms with E-state index in [0.29, 0.717) is 11.8 Å². The Morgan fingerprint density at radius 2 is 1.18 bits per heavy atom. The Morgan fingerprint density at radius 3 is 1.61 bits per heavy atom. The summed E-state index contributed by atoms with van der Waals surface area (Å²) in [4.78, 5) is 0. The van der Waals surface area contributed by atoms with Crippen molar-refractivity contribution in [3.05, 3.63) is 47.5 Å². The highest BCUT2D eigenvalue weighted by atomic mass is 16.5. The first-order chi connectivity index (χ1) is 13.6. The molecule has 4 atom stereocenters. The van der Waals surface area contributed by atoms with Gasteiger partial charge in [-0.3, -0.25) is 0 Å². The molecule has 0 aromatic heterocycles. The first-order valence-electron chi connectivity index (χ1n) is 9.67. The number of rotatable bonds is 7. The van der Waals surface area contributed by atoms with E-state index in [0.717, 1.165) is 40.5 Å². The highest BCUT2D eigenvalue weighted by Gasteiger charge is 2.42. The second-order valence-electron chi connectivity index (χ2n) is 7.14. The molecule has 2 aromatic carbocycles. The number of hydrogen-bond donors (Lipinski definition) is 0. The average Bonchev–Trinajstić information content (AvgIpc) is 3.08. The summed E-state index contributed by atoms with van der Waals surface area (Å²) in [5.74, 6) is 3.65. The molecule has 0 aliphatic carbocycles. The minimum atomic E-state index is -0.0112. The number of ether oxygens (including phenoxy) is 5. The van der Waals surface area contributed by atoms with Crippen molar-refractivity contribution in [2.45, 2.75) is 32.5 Å². The van der Waals surface area contributed by atoms with Crippen LogP contribution in [0.4, 0.5) is 0 Å². The standard InChI is InChI=1S/C23H30O5/c1-7-17-14(2)22(15-8-10-18(24-3)20(12-15)26-5)28-23(17)16-9-11-19(25-4)21(13-16)27-6/h8-14,17,22-23H,7H2,1-6H3/t14-,17-,22-,23-/m0/s1. The molecule has 5 heteroatoms. The zero-order valence-electron chi connectivity index (χ0n) is 17.5. The first kappa shape index (κ1) is 20.3. The molecule has 3 rings (SSSR count). The Morgan fingerprint density at radius 1 is 0.714 bits per heavy atom. The van der Waals surface area contributed by atoms with Gasteiger partial charge in [-0.1, -0.05) is 32.4 Å². The van der Waals surface area contributed by atoms with Crippen molar-refractivity contribution in [3.8, 4) is 23.0 Å². The van der Waals surface area contributed by atoms with Crippen molar-refractivity contribution in [1.29, 1.82) is 0 Å². The monoisotopic (exact) mass is 386 g/mol. The lowest BCUT2D eigenvalue weighted by atomic mass is 9.82. The lowest BCUT2D eigenvalue weighted by Crippen LogP contribution is -2.13. The van der Waals surface area contributed by atoms with Gasteiger partial charge < -0.3 is 23.7 Å². The van der Waals surface area contributed by atoms with Gasteiger partial charge in [0, 0.05) is 0 Å². The number of methoxy groups -OCH3 is 4. The molecule has 1 saturated heterocycles.